The molecule has 1 aromatic carbocycles. The van der Waals surface area contributed by atoms with Crippen LogP contribution in [0.4, 0.5) is 5.69 Å². The van der Waals surface area contributed by atoms with Crippen molar-refractivity contribution in [2.45, 2.75) is 20.3 Å². The van der Waals surface area contributed by atoms with Crippen molar-refractivity contribution < 1.29 is 0 Å². The van der Waals surface area contributed by atoms with E-state index in [1.54, 1.807) is 0 Å². The number of hydrogen-bond acceptors (Lipinski definition) is 2. The number of nitrogens with one attached hydrogen (secondary N) is 2. The van der Waals surface area contributed by atoms with Crippen LogP contribution in [0.25, 0.3) is 5.70 Å². The topological polar surface area (TPSA) is 24.1 Å². The van der Waals surface area contributed by atoms with Gasteiger partial charge in [0.15, 0.2) is 0 Å². The second-order valence-corrected chi connectivity index (χ2v) is 3.89. The first kappa shape index (κ1) is 12.4. The molecule has 1 aromatic rings. The quantitative estimate of drug-likeness (QED) is 0.759. The summed E-state index contributed by atoms with van der Waals surface area (Å²) in [5.74, 6) is 0. The van der Waals surface area contributed by atoms with Crippen LogP contribution in [0.3, 0.4) is 0 Å². The largest absolute Gasteiger partial charge is 0.385 e. The first-order valence-electron chi connectivity index (χ1n) is 5.59. The van der Waals surface area contributed by atoms with E-state index in [0.29, 0.717) is 0 Å². The summed E-state index contributed by atoms with van der Waals surface area (Å²) in [4.78, 5) is 0. The Morgan fingerprint density at radius 3 is 2.31 bits per heavy atom. The van der Waals surface area contributed by atoms with Crippen LogP contribution in [-0.4, -0.2) is 6.54 Å². The second kappa shape index (κ2) is 6.01. The molecular formula is C14H20N2. The number of benzene rings is 1. The molecule has 0 aliphatic heterocycles. The summed E-state index contributed by atoms with van der Waals surface area (Å²) in [7, 11) is 0. The molecule has 0 heterocycles. The van der Waals surface area contributed by atoms with Crippen molar-refractivity contribution in [3.8, 4) is 0 Å². The van der Waals surface area contributed by atoms with Crippen LogP contribution in [0, 0.1) is 0 Å². The number of anilines is 1. The van der Waals surface area contributed by atoms with E-state index in [1.807, 2.05) is 19.1 Å². The van der Waals surface area contributed by atoms with Crippen LogP contribution in [0.2, 0.25) is 0 Å². The van der Waals surface area contributed by atoms with E-state index in [0.717, 1.165) is 35.6 Å². The minimum absolute atomic E-state index is 0.940. The third-order valence-electron chi connectivity index (χ3n) is 2.18. The lowest BCUT2D eigenvalue weighted by Gasteiger charge is -2.10. The fourth-order valence-corrected chi connectivity index (χ4v) is 1.38. The van der Waals surface area contributed by atoms with Gasteiger partial charge in [-0.05, 0) is 31.0 Å². The molecule has 0 spiro atoms. The Kier molecular flexibility index (Phi) is 4.65. The van der Waals surface area contributed by atoms with Crippen LogP contribution in [-0.2, 0) is 0 Å². The summed E-state index contributed by atoms with van der Waals surface area (Å²) in [5, 5.41) is 6.45. The van der Waals surface area contributed by atoms with E-state index >= 15 is 0 Å². The van der Waals surface area contributed by atoms with Gasteiger partial charge in [0.05, 0.1) is 0 Å². The highest BCUT2D eigenvalue weighted by molar-refractivity contribution is 5.64. The van der Waals surface area contributed by atoms with Gasteiger partial charge in [-0.3, -0.25) is 0 Å². The van der Waals surface area contributed by atoms with Crippen LogP contribution in [0.5, 0.6) is 0 Å². The second-order valence-electron chi connectivity index (χ2n) is 3.89. The number of rotatable bonds is 6. The van der Waals surface area contributed by atoms with Crippen molar-refractivity contribution >= 4 is 11.4 Å². The summed E-state index contributed by atoms with van der Waals surface area (Å²) < 4.78 is 0. The maximum absolute atomic E-state index is 4.00. The van der Waals surface area contributed by atoms with Crippen molar-refractivity contribution in [2.75, 3.05) is 11.9 Å². The Morgan fingerprint density at radius 1 is 1.19 bits per heavy atom. The van der Waals surface area contributed by atoms with Gasteiger partial charge in [-0.25, -0.2) is 0 Å². The molecule has 0 bridgehead atoms. The SMILES string of the molecule is C=C(C)Nc1ccc(C(=C)NCCC)cc1. The van der Waals surface area contributed by atoms with E-state index in [2.05, 4.69) is 42.8 Å². The van der Waals surface area contributed by atoms with Crippen molar-refractivity contribution in [1.82, 2.24) is 5.32 Å². The molecule has 0 aliphatic rings. The predicted molar refractivity (Wildman–Crippen MR) is 72.2 cm³/mol. The van der Waals surface area contributed by atoms with E-state index < -0.39 is 0 Å². The van der Waals surface area contributed by atoms with E-state index in [4.69, 9.17) is 0 Å². The van der Waals surface area contributed by atoms with Gasteiger partial charge in [0.2, 0.25) is 0 Å². The monoisotopic (exact) mass is 216 g/mol. The zero-order valence-electron chi connectivity index (χ0n) is 10.1. The van der Waals surface area contributed by atoms with Gasteiger partial charge in [0, 0.05) is 23.6 Å². The molecule has 16 heavy (non-hydrogen) atoms. The predicted octanol–water partition coefficient (Wildman–Crippen LogP) is 3.60. The Balaban J connectivity index is 2.63. The average molecular weight is 216 g/mol. The smallest absolute Gasteiger partial charge is 0.0381 e. The Labute approximate surface area is 98.1 Å². The van der Waals surface area contributed by atoms with Crippen LogP contribution >= 0.6 is 0 Å². The van der Waals surface area contributed by atoms with Gasteiger partial charge < -0.3 is 10.6 Å². The average Bonchev–Trinajstić information content (AvgIpc) is 2.26. The standard InChI is InChI=1S/C14H20N2/c1-5-10-15-12(4)13-6-8-14(9-7-13)16-11(2)3/h6-9,15-16H,2,4-5,10H2,1,3H3. The van der Waals surface area contributed by atoms with Crippen molar-refractivity contribution in [2.24, 2.45) is 0 Å². The molecule has 0 fully saturated rings. The molecule has 0 saturated carbocycles. The van der Waals surface area contributed by atoms with Gasteiger partial charge in [-0.2, -0.15) is 0 Å². The van der Waals surface area contributed by atoms with Gasteiger partial charge in [0.25, 0.3) is 0 Å². The Morgan fingerprint density at radius 2 is 1.81 bits per heavy atom. The van der Waals surface area contributed by atoms with E-state index in [-0.39, 0.29) is 0 Å². The summed E-state index contributed by atoms with van der Waals surface area (Å²) in [5.41, 5.74) is 4.10. The lowest BCUT2D eigenvalue weighted by Crippen LogP contribution is -2.11. The molecule has 0 radical (unpaired) electrons. The Bertz CT molecular complexity index is 363. The molecule has 0 saturated heterocycles. The molecule has 0 amide bonds. The highest BCUT2D eigenvalue weighted by Gasteiger charge is 1.97. The first-order chi connectivity index (χ1) is 7.63. The highest BCUT2D eigenvalue weighted by Crippen LogP contribution is 2.15. The highest BCUT2D eigenvalue weighted by atomic mass is 14.9. The maximum atomic E-state index is 4.00. The zero-order chi connectivity index (χ0) is 12.0. The fourth-order valence-electron chi connectivity index (χ4n) is 1.38. The first-order valence-corrected chi connectivity index (χ1v) is 5.59. The lowest BCUT2D eigenvalue weighted by molar-refractivity contribution is 0.825. The van der Waals surface area contributed by atoms with E-state index in [1.165, 1.54) is 0 Å². The van der Waals surface area contributed by atoms with Crippen LogP contribution in [0.15, 0.2) is 43.1 Å². The summed E-state index contributed by atoms with van der Waals surface area (Å²) in [6.07, 6.45) is 1.11. The lowest BCUT2D eigenvalue weighted by atomic mass is 10.1. The maximum Gasteiger partial charge on any atom is 0.0381 e. The van der Waals surface area contributed by atoms with Gasteiger partial charge in [0.1, 0.15) is 0 Å². The Hall–Kier alpha value is -1.70. The van der Waals surface area contributed by atoms with Crippen molar-refractivity contribution in [3.05, 3.63) is 48.7 Å². The zero-order valence-corrected chi connectivity index (χ0v) is 10.1. The van der Waals surface area contributed by atoms with Crippen molar-refractivity contribution in [3.63, 3.8) is 0 Å². The molecular weight excluding hydrogens is 196 g/mol. The minimum atomic E-state index is 0.940. The summed E-state index contributed by atoms with van der Waals surface area (Å²) in [6.45, 7) is 12.9. The van der Waals surface area contributed by atoms with Crippen LogP contribution < -0.4 is 10.6 Å². The minimum Gasteiger partial charge on any atom is -0.385 e. The molecule has 0 atom stereocenters. The fraction of sp³-hybridized carbons (Fsp3) is 0.286. The van der Waals surface area contributed by atoms with Crippen molar-refractivity contribution in [1.29, 1.82) is 0 Å². The molecule has 0 aromatic heterocycles. The molecule has 1 rings (SSSR count). The number of allylic oxidation sites excluding steroid dienone is 1. The van der Waals surface area contributed by atoms with Crippen LogP contribution in [0.1, 0.15) is 25.8 Å². The van der Waals surface area contributed by atoms with Gasteiger partial charge in [-0.1, -0.05) is 32.2 Å². The number of hydrogen-bond donors (Lipinski definition) is 2. The van der Waals surface area contributed by atoms with E-state index in [9.17, 15) is 0 Å². The summed E-state index contributed by atoms with van der Waals surface area (Å²) >= 11 is 0. The molecule has 0 unspecified atom stereocenters. The molecule has 0 aliphatic carbocycles. The third-order valence-corrected chi connectivity index (χ3v) is 2.18. The molecule has 86 valence electrons. The van der Waals surface area contributed by atoms with Gasteiger partial charge in [-0.15, -0.1) is 0 Å². The van der Waals surface area contributed by atoms with Gasteiger partial charge >= 0.3 is 0 Å². The molecule has 2 nitrogen and oxygen atoms in total. The molecule has 2 N–H and O–H groups in total. The molecule has 2 heteroatoms. The third kappa shape index (κ3) is 3.81. The normalized spacial score (nSPS) is 9.62. The summed E-state index contributed by atoms with van der Waals surface area (Å²) in [6, 6.07) is 8.16.